The fourth-order valence-corrected chi connectivity index (χ4v) is 2.69. The number of aromatic nitrogens is 6. The summed E-state index contributed by atoms with van der Waals surface area (Å²) in [6.45, 7) is 2.13. The number of nitrogens with two attached hydrogens (primary N) is 1. The maximum absolute atomic E-state index is 12.3. The summed E-state index contributed by atoms with van der Waals surface area (Å²) in [7, 11) is 0. The summed E-state index contributed by atoms with van der Waals surface area (Å²) < 4.78 is 1.50. The topological polar surface area (TPSA) is 121 Å². The zero-order valence-electron chi connectivity index (χ0n) is 14.4. The minimum atomic E-state index is -0.498. The Balaban J connectivity index is 1.61. The van der Waals surface area contributed by atoms with Crippen LogP contribution < -0.4 is 11.3 Å². The van der Waals surface area contributed by atoms with Gasteiger partial charge >= 0.3 is 0 Å². The van der Waals surface area contributed by atoms with Crippen LogP contribution in [0.25, 0.3) is 17.0 Å². The third-order valence-corrected chi connectivity index (χ3v) is 4.04. The molecule has 0 radical (unpaired) electrons. The summed E-state index contributed by atoms with van der Waals surface area (Å²) >= 11 is 0. The quantitative estimate of drug-likeness (QED) is 0.574. The van der Waals surface area contributed by atoms with Gasteiger partial charge in [0.1, 0.15) is 12.2 Å². The molecule has 9 heteroatoms. The highest BCUT2D eigenvalue weighted by Gasteiger charge is 2.09. The van der Waals surface area contributed by atoms with Crippen LogP contribution in [0, 0.1) is 6.92 Å². The van der Waals surface area contributed by atoms with Crippen LogP contribution >= 0.6 is 0 Å². The smallest absolute Gasteiger partial charge is 0.258 e. The van der Waals surface area contributed by atoms with Gasteiger partial charge in [0.25, 0.3) is 5.56 Å². The van der Waals surface area contributed by atoms with Gasteiger partial charge in [0.15, 0.2) is 0 Å². The summed E-state index contributed by atoms with van der Waals surface area (Å²) in [6, 6.07) is 11.7. The number of hydrogen-bond acceptors (Lipinski definition) is 6. The lowest BCUT2D eigenvalue weighted by Gasteiger charge is -2.04. The Morgan fingerprint density at radius 3 is 2.67 bits per heavy atom. The Hall–Kier alpha value is -3.88. The van der Waals surface area contributed by atoms with E-state index in [2.05, 4.69) is 20.4 Å². The number of nitrogens with zero attached hydrogens (tertiary/aromatic N) is 6. The normalized spacial score (nSPS) is 11.0. The van der Waals surface area contributed by atoms with Crippen molar-refractivity contribution < 1.29 is 4.79 Å². The van der Waals surface area contributed by atoms with E-state index in [1.165, 1.54) is 15.3 Å². The number of benzene rings is 1. The number of rotatable bonds is 4. The molecule has 0 aliphatic heterocycles. The molecule has 134 valence electrons. The van der Waals surface area contributed by atoms with E-state index in [-0.39, 0.29) is 12.1 Å². The predicted octanol–water partition coefficient (Wildman–Crippen LogP) is 0.804. The lowest BCUT2D eigenvalue weighted by Crippen LogP contribution is -2.17. The van der Waals surface area contributed by atoms with Gasteiger partial charge in [-0.2, -0.15) is 4.80 Å². The summed E-state index contributed by atoms with van der Waals surface area (Å²) in [5.41, 5.74) is 8.25. The van der Waals surface area contributed by atoms with E-state index in [0.29, 0.717) is 28.3 Å². The van der Waals surface area contributed by atoms with Gasteiger partial charge in [-0.3, -0.25) is 14.0 Å². The van der Waals surface area contributed by atoms with Crippen LogP contribution in [0.2, 0.25) is 0 Å². The zero-order chi connectivity index (χ0) is 19.0. The Labute approximate surface area is 153 Å². The number of hydrogen-bond donors (Lipinski definition) is 1. The van der Waals surface area contributed by atoms with Crippen molar-refractivity contribution in [2.75, 3.05) is 0 Å². The highest BCUT2D eigenvalue weighted by molar-refractivity contribution is 5.93. The average molecular weight is 361 g/mol. The highest BCUT2D eigenvalue weighted by Crippen LogP contribution is 2.14. The lowest BCUT2D eigenvalue weighted by atomic mass is 10.1. The number of carbonyl (C=O) groups is 1. The van der Waals surface area contributed by atoms with Crippen LogP contribution in [0.5, 0.6) is 0 Å². The van der Waals surface area contributed by atoms with E-state index in [1.807, 2.05) is 13.0 Å². The second kappa shape index (κ2) is 6.45. The molecule has 1 amide bonds. The van der Waals surface area contributed by atoms with Crippen LogP contribution in [0.4, 0.5) is 0 Å². The standard InChI is InChI=1S/C18H15N7O2/c1-11-2-7-15-20-14(8-16(26)24(15)9-11)10-25-22-18(21-23-25)13-5-3-12(4-6-13)17(19)27/h2-9H,10H2,1H3,(H2,19,27). The summed E-state index contributed by atoms with van der Waals surface area (Å²) in [5.74, 6) is -0.0961. The number of pyridine rings is 1. The molecule has 4 aromatic rings. The molecule has 1 aromatic carbocycles. The van der Waals surface area contributed by atoms with Gasteiger partial charge in [-0.1, -0.05) is 18.2 Å². The number of tetrazole rings is 1. The molecule has 0 fully saturated rings. The van der Waals surface area contributed by atoms with E-state index in [4.69, 9.17) is 5.73 Å². The van der Waals surface area contributed by atoms with E-state index in [0.717, 1.165) is 5.56 Å². The van der Waals surface area contributed by atoms with Crippen molar-refractivity contribution in [2.24, 2.45) is 5.73 Å². The van der Waals surface area contributed by atoms with Gasteiger partial charge in [0.2, 0.25) is 11.7 Å². The number of aryl methyl sites for hydroxylation is 1. The van der Waals surface area contributed by atoms with E-state index < -0.39 is 5.91 Å². The van der Waals surface area contributed by atoms with Crippen molar-refractivity contribution in [1.29, 1.82) is 0 Å². The highest BCUT2D eigenvalue weighted by atomic mass is 16.1. The van der Waals surface area contributed by atoms with Crippen LogP contribution in [-0.4, -0.2) is 35.5 Å². The van der Waals surface area contributed by atoms with Crippen LogP contribution in [0.1, 0.15) is 21.6 Å². The Morgan fingerprint density at radius 2 is 1.93 bits per heavy atom. The van der Waals surface area contributed by atoms with Gasteiger partial charge in [0.05, 0.1) is 5.69 Å². The molecule has 0 atom stereocenters. The molecule has 0 unspecified atom stereocenters. The first kappa shape index (κ1) is 16.6. The molecular weight excluding hydrogens is 346 g/mol. The second-order valence-electron chi connectivity index (χ2n) is 6.11. The van der Waals surface area contributed by atoms with E-state index in [9.17, 15) is 9.59 Å². The van der Waals surface area contributed by atoms with Crippen LogP contribution in [0.15, 0.2) is 53.5 Å². The van der Waals surface area contributed by atoms with E-state index in [1.54, 1.807) is 36.5 Å². The van der Waals surface area contributed by atoms with Crippen molar-refractivity contribution in [3.8, 4) is 11.4 Å². The van der Waals surface area contributed by atoms with Gasteiger partial charge in [-0.15, -0.1) is 10.2 Å². The minimum absolute atomic E-state index is 0.166. The molecule has 0 aliphatic rings. The first-order valence-corrected chi connectivity index (χ1v) is 8.16. The zero-order valence-corrected chi connectivity index (χ0v) is 14.4. The van der Waals surface area contributed by atoms with Crippen molar-refractivity contribution in [3.05, 3.63) is 75.8 Å². The number of fused-ring (bicyclic) bond motifs is 1. The summed E-state index contributed by atoms with van der Waals surface area (Å²) in [5, 5.41) is 12.3. The average Bonchev–Trinajstić information content (AvgIpc) is 3.11. The van der Waals surface area contributed by atoms with Gasteiger partial charge in [0, 0.05) is 23.4 Å². The molecule has 3 aromatic heterocycles. The molecule has 0 spiro atoms. The molecule has 0 saturated carbocycles. The van der Waals surface area contributed by atoms with Gasteiger partial charge in [-0.25, -0.2) is 4.98 Å². The predicted molar refractivity (Wildman–Crippen MR) is 97.1 cm³/mol. The van der Waals surface area contributed by atoms with Crippen molar-refractivity contribution in [2.45, 2.75) is 13.5 Å². The minimum Gasteiger partial charge on any atom is -0.366 e. The third-order valence-electron chi connectivity index (χ3n) is 4.04. The van der Waals surface area contributed by atoms with Gasteiger partial charge < -0.3 is 5.73 Å². The molecule has 27 heavy (non-hydrogen) atoms. The lowest BCUT2D eigenvalue weighted by molar-refractivity contribution is 0.100. The summed E-state index contributed by atoms with van der Waals surface area (Å²) in [4.78, 5) is 29.2. The van der Waals surface area contributed by atoms with E-state index >= 15 is 0 Å². The molecule has 0 saturated heterocycles. The van der Waals surface area contributed by atoms with Gasteiger partial charge in [-0.05, 0) is 35.9 Å². The molecule has 9 nitrogen and oxygen atoms in total. The molecule has 3 heterocycles. The molecule has 4 rings (SSSR count). The molecular formula is C18H15N7O2. The number of amides is 1. The number of carbonyl (C=O) groups excluding carboxylic acids is 1. The molecule has 0 aliphatic carbocycles. The maximum atomic E-state index is 12.3. The maximum Gasteiger partial charge on any atom is 0.258 e. The number of primary amides is 1. The monoisotopic (exact) mass is 361 g/mol. The fourth-order valence-electron chi connectivity index (χ4n) is 2.69. The SMILES string of the molecule is Cc1ccc2nc(Cn3nnc(-c4ccc(C(N)=O)cc4)n3)cc(=O)n2c1. The van der Waals surface area contributed by atoms with Crippen molar-refractivity contribution >= 4 is 11.6 Å². The van der Waals surface area contributed by atoms with Crippen molar-refractivity contribution in [3.63, 3.8) is 0 Å². The Kier molecular flexibility index (Phi) is 3.96. The summed E-state index contributed by atoms with van der Waals surface area (Å²) in [6.07, 6.45) is 1.75. The Morgan fingerprint density at radius 1 is 1.15 bits per heavy atom. The second-order valence-corrected chi connectivity index (χ2v) is 6.11. The first-order valence-electron chi connectivity index (χ1n) is 8.16. The largest absolute Gasteiger partial charge is 0.366 e. The molecule has 2 N–H and O–H groups in total. The third kappa shape index (κ3) is 3.30. The molecule has 0 bridgehead atoms. The van der Waals surface area contributed by atoms with Crippen LogP contribution in [-0.2, 0) is 6.54 Å². The van der Waals surface area contributed by atoms with Crippen LogP contribution in [0.3, 0.4) is 0 Å². The Bertz CT molecular complexity index is 1210. The van der Waals surface area contributed by atoms with Crippen molar-refractivity contribution in [1.82, 2.24) is 29.6 Å². The first-order chi connectivity index (χ1) is 13.0. The fraction of sp³-hybridized carbons (Fsp3) is 0.111.